The van der Waals surface area contributed by atoms with Crippen LogP contribution in [-0.2, 0) is 4.79 Å². The Morgan fingerprint density at radius 3 is 2.56 bits per heavy atom. The van der Waals surface area contributed by atoms with Crippen LogP contribution >= 0.6 is 0 Å². The number of hydrogen-bond acceptors (Lipinski definition) is 6. The van der Waals surface area contributed by atoms with Crippen LogP contribution in [0.5, 0.6) is 11.6 Å². The second-order valence-electron chi connectivity index (χ2n) is 5.94. The van der Waals surface area contributed by atoms with Crippen LogP contribution in [0, 0.1) is 5.92 Å². The van der Waals surface area contributed by atoms with E-state index >= 15 is 0 Å². The van der Waals surface area contributed by atoms with E-state index in [1.54, 1.807) is 20.3 Å². The van der Waals surface area contributed by atoms with Crippen LogP contribution < -0.4 is 19.7 Å². The fourth-order valence-electron chi connectivity index (χ4n) is 2.91. The molecule has 1 aromatic carbocycles. The third kappa shape index (κ3) is 4.17. The standard InChI is InChI=1S/C18H22N4O3/c1-24-15-7-5-14(6-8-15)19-18(23)13-4-3-11-22(12-13)16-9-10-17(25-2)21-20-16/h5-10,13H,3-4,11-12H2,1-2H3,(H,19,23)/t13-/m1/s1. The van der Waals surface area contributed by atoms with Crippen molar-refractivity contribution in [1.29, 1.82) is 0 Å². The number of benzene rings is 1. The lowest BCUT2D eigenvalue weighted by atomic mass is 9.97. The normalized spacial score (nSPS) is 17.0. The number of piperidine rings is 1. The molecule has 1 aliphatic heterocycles. The molecule has 0 spiro atoms. The van der Waals surface area contributed by atoms with Gasteiger partial charge in [0.25, 0.3) is 0 Å². The quantitative estimate of drug-likeness (QED) is 0.899. The minimum Gasteiger partial charge on any atom is -0.497 e. The first kappa shape index (κ1) is 17.0. The summed E-state index contributed by atoms with van der Waals surface area (Å²) in [5.74, 6) is 1.95. The zero-order valence-corrected chi connectivity index (χ0v) is 14.4. The van der Waals surface area contributed by atoms with E-state index in [0.29, 0.717) is 12.4 Å². The predicted molar refractivity (Wildman–Crippen MR) is 95.1 cm³/mol. The highest BCUT2D eigenvalue weighted by Crippen LogP contribution is 2.24. The SMILES string of the molecule is COc1ccc(NC(=O)[C@@H]2CCCN(c3ccc(OC)nn3)C2)cc1. The van der Waals surface area contributed by atoms with Gasteiger partial charge in [-0.15, -0.1) is 10.2 Å². The maximum atomic E-state index is 12.6. The van der Waals surface area contributed by atoms with Gasteiger partial charge in [0, 0.05) is 24.8 Å². The Balaban J connectivity index is 1.62. The molecule has 7 heteroatoms. The van der Waals surface area contributed by atoms with Gasteiger partial charge in [0.2, 0.25) is 11.8 Å². The number of nitrogens with zero attached hydrogens (tertiary/aromatic N) is 3. The average molecular weight is 342 g/mol. The third-order valence-electron chi connectivity index (χ3n) is 4.31. The van der Waals surface area contributed by atoms with Crippen molar-refractivity contribution in [3.8, 4) is 11.6 Å². The molecule has 1 amide bonds. The Bertz CT molecular complexity index is 703. The van der Waals surface area contributed by atoms with Gasteiger partial charge in [-0.05, 0) is 43.2 Å². The lowest BCUT2D eigenvalue weighted by Gasteiger charge is -2.32. The molecule has 2 heterocycles. The van der Waals surface area contributed by atoms with Crippen LogP contribution in [0.3, 0.4) is 0 Å². The van der Waals surface area contributed by atoms with Gasteiger partial charge in [0.15, 0.2) is 5.82 Å². The highest BCUT2D eigenvalue weighted by Gasteiger charge is 2.26. The largest absolute Gasteiger partial charge is 0.497 e. The molecule has 0 unspecified atom stereocenters. The maximum absolute atomic E-state index is 12.6. The number of hydrogen-bond donors (Lipinski definition) is 1. The highest BCUT2D eigenvalue weighted by molar-refractivity contribution is 5.93. The van der Waals surface area contributed by atoms with Gasteiger partial charge in [0.05, 0.1) is 20.1 Å². The molecule has 1 N–H and O–H groups in total. The average Bonchev–Trinajstić information content (AvgIpc) is 2.68. The van der Waals surface area contributed by atoms with Crippen molar-refractivity contribution in [2.75, 3.05) is 37.5 Å². The van der Waals surface area contributed by atoms with Crippen molar-refractivity contribution in [3.05, 3.63) is 36.4 Å². The summed E-state index contributed by atoms with van der Waals surface area (Å²) in [5.41, 5.74) is 0.771. The van der Waals surface area contributed by atoms with E-state index in [9.17, 15) is 4.79 Å². The van der Waals surface area contributed by atoms with Gasteiger partial charge in [0.1, 0.15) is 5.75 Å². The van der Waals surface area contributed by atoms with Gasteiger partial charge in [-0.1, -0.05) is 0 Å². The fraction of sp³-hybridized carbons (Fsp3) is 0.389. The highest BCUT2D eigenvalue weighted by atomic mass is 16.5. The van der Waals surface area contributed by atoms with E-state index in [1.807, 2.05) is 30.3 Å². The molecule has 1 aromatic heterocycles. The molecule has 7 nitrogen and oxygen atoms in total. The summed E-state index contributed by atoms with van der Waals surface area (Å²) in [6, 6.07) is 11.0. The summed E-state index contributed by atoms with van der Waals surface area (Å²) in [4.78, 5) is 14.7. The summed E-state index contributed by atoms with van der Waals surface area (Å²) < 4.78 is 10.2. The zero-order chi connectivity index (χ0) is 17.6. The number of aromatic nitrogens is 2. The summed E-state index contributed by atoms with van der Waals surface area (Å²) >= 11 is 0. The smallest absolute Gasteiger partial charge is 0.233 e. The first-order valence-electron chi connectivity index (χ1n) is 8.27. The number of rotatable bonds is 5. The van der Waals surface area contributed by atoms with Crippen molar-refractivity contribution in [2.45, 2.75) is 12.8 Å². The van der Waals surface area contributed by atoms with E-state index in [1.165, 1.54) is 0 Å². The maximum Gasteiger partial charge on any atom is 0.233 e. The second-order valence-corrected chi connectivity index (χ2v) is 5.94. The lowest BCUT2D eigenvalue weighted by molar-refractivity contribution is -0.120. The van der Waals surface area contributed by atoms with Crippen LogP contribution in [0.2, 0.25) is 0 Å². The summed E-state index contributed by atoms with van der Waals surface area (Å²) in [6.07, 6.45) is 1.80. The number of methoxy groups -OCH3 is 2. The Kier molecular flexibility index (Phi) is 5.33. The Labute approximate surface area is 147 Å². The third-order valence-corrected chi connectivity index (χ3v) is 4.31. The van der Waals surface area contributed by atoms with Gasteiger partial charge >= 0.3 is 0 Å². The molecule has 1 saturated heterocycles. The van der Waals surface area contributed by atoms with Crippen LogP contribution in [0.1, 0.15) is 12.8 Å². The number of carbonyl (C=O) groups is 1. The molecule has 1 aliphatic rings. The molecular formula is C18H22N4O3. The first-order chi connectivity index (χ1) is 12.2. The van der Waals surface area contributed by atoms with Gasteiger partial charge in [-0.2, -0.15) is 0 Å². The van der Waals surface area contributed by atoms with Crippen LogP contribution in [0.15, 0.2) is 36.4 Å². The second kappa shape index (κ2) is 7.83. The lowest BCUT2D eigenvalue weighted by Crippen LogP contribution is -2.41. The van der Waals surface area contributed by atoms with E-state index in [-0.39, 0.29) is 11.8 Å². The topological polar surface area (TPSA) is 76.6 Å². The predicted octanol–water partition coefficient (Wildman–Crippen LogP) is 2.35. The van der Waals surface area contributed by atoms with Gasteiger partial charge in [-0.3, -0.25) is 4.79 Å². The number of nitrogens with one attached hydrogen (secondary N) is 1. The summed E-state index contributed by atoms with van der Waals surface area (Å²) in [6.45, 7) is 1.50. The minimum absolute atomic E-state index is 0.0244. The monoisotopic (exact) mass is 342 g/mol. The van der Waals surface area contributed by atoms with Crippen molar-refractivity contribution in [3.63, 3.8) is 0 Å². The molecule has 0 aliphatic carbocycles. The first-order valence-corrected chi connectivity index (χ1v) is 8.27. The van der Waals surface area contributed by atoms with E-state index in [0.717, 1.165) is 36.6 Å². The number of anilines is 2. The fourth-order valence-corrected chi connectivity index (χ4v) is 2.91. The Morgan fingerprint density at radius 2 is 1.92 bits per heavy atom. The zero-order valence-electron chi connectivity index (χ0n) is 14.4. The van der Waals surface area contributed by atoms with E-state index in [2.05, 4.69) is 20.4 Å². The summed E-state index contributed by atoms with van der Waals surface area (Å²) in [5, 5.41) is 11.2. The van der Waals surface area contributed by atoms with Crippen LogP contribution in [0.25, 0.3) is 0 Å². The van der Waals surface area contributed by atoms with Crippen LogP contribution in [0.4, 0.5) is 11.5 Å². The Morgan fingerprint density at radius 1 is 1.12 bits per heavy atom. The van der Waals surface area contributed by atoms with Gasteiger partial charge < -0.3 is 19.7 Å². The van der Waals surface area contributed by atoms with E-state index in [4.69, 9.17) is 9.47 Å². The molecular weight excluding hydrogens is 320 g/mol. The molecule has 132 valence electrons. The van der Waals surface area contributed by atoms with Crippen molar-refractivity contribution >= 4 is 17.4 Å². The van der Waals surface area contributed by atoms with Crippen LogP contribution in [-0.4, -0.2) is 43.4 Å². The van der Waals surface area contributed by atoms with Crippen molar-refractivity contribution < 1.29 is 14.3 Å². The molecule has 2 aromatic rings. The molecule has 25 heavy (non-hydrogen) atoms. The number of amides is 1. The molecule has 1 atom stereocenters. The Hall–Kier alpha value is -2.83. The van der Waals surface area contributed by atoms with Crippen molar-refractivity contribution in [2.24, 2.45) is 5.92 Å². The van der Waals surface area contributed by atoms with Gasteiger partial charge in [-0.25, -0.2) is 0 Å². The molecule has 1 fully saturated rings. The molecule has 0 bridgehead atoms. The molecule has 3 rings (SSSR count). The minimum atomic E-state index is -0.0836. The molecule has 0 saturated carbocycles. The summed E-state index contributed by atoms with van der Waals surface area (Å²) in [7, 11) is 3.18. The van der Waals surface area contributed by atoms with Crippen molar-refractivity contribution in [1.82, 2.24) is 10.2 Å². The molecule has 0 radical (unpaired) electrons. The number of ether oxygens (including phenoxy) is 2. The van der Waals surface area contributed by atoms with E-state index < -0.39 is 0 Å². The number of carbonyl (C=O) groups excluding carboxylic acids is 1.